The number of carboxylic acids is 2. The van der Waals surface area contributed by atoms with Crippen LogP contribution in [-0.4, -0.2) is 11.9 Å². The van der Waals surface area contributed by atoms with Gasteiger partial charge in [0.2, 0.25) is 0 Å². The first kappa shape index (κ1) is 15.9. The molecule has 0 amide bonds. The standard InChI is InChI=1S/C7H6O2.C3H4O2.Cu/c8-7(9)6-4-2-1-3-5-6;1-2-3(4)5;/h1-5H,(H,8,9);2H,1H2,(H,4,5);/q;;+2/p-2. The third kappa shape index (κ3) is 8.74. The first-order valence-electron chi connectivity index (χ1n) is 3.67. The molecule has 0 aliphatic heterocycles. The van der Waals surface area contributed by atoms with Crippen LogP contribution in [-0.2, 0) is 21.9 Å². The summed E-state index contributed by atoms with van der Waals surface area (Å²) < 4.78 is 0. The van der Waals surface area contributed by atoms with E-state index in [-0.39, 0.29) is 22.6 Å². The van der Waals surface area contributed by atoms with Crippen LogP contribution in [0.3, 0.4) is 0 Å². The zero-order chi connectivity index (χ0) is 11.0. The van der Waals surface area contributed by atoms with Gasteiger partial charge in [0, 0.05) is 0 Å². The molecule has 1 aromatic rings. The molecule has 1 aromatic carbocycles. The molecule has 83 valence electrons. The van der Waals surface area contributed by atoms with Crippen molar-refractivity contribution >= 4 is 11.9 Å². The minimum atomic E-state index is -1.23. The fourth-order valence-corrected chi connectivity index (χ4v) is 0.574. The van der Waals surface area contributed by atoms with Crippen LogP contribution in [0.4, 0.5) is 0 Å². The summed E-state index contributed by atoms with van der Waals surface area (Å²) in [6, 6.07) is 8.06. The zero-order valence-corrected chi connectivity index (χ0v) is 8.55. The molecule has 0 aliphatic rings. The first-order valence-corrected chi connectivity index (χ1v) is 3.67. The third-order valence-electron chi connectivity index (χ3n) is 1.18. The number of carboxylic acid groups (broad SMARTS) is 2. The molecule has 5 heteroatoms. The van der Waals surface area contributed by atoms with Crippen LogP contribution in [0.5, 0.6) is 0 Å². The Morgan fingerprint density at radius 2 is 1.53 bits per heavy atom. The molecule has 0 fully saturated rings. The summed E-state index contributed by atoms with van der Waals surface area (Å²) in [5.74, 6) is -2.36. The molecule has 0 aromatic heterocycles. The summed E-state index contributed by atoms with van der Waals surface area (Å²) in [6.07, 6.45) is 0.722. The molecule has 0 bridgehead atoms. The Kier molecular flexibility index (Phi) is 9.52. The zero-order valence-electron chi connectivity index (χ0n) is 7.61. The van der Waals surface area contributed by atoms with E-state index in [1.807, 2.05) is 0 Å². The third-order valence-corrected chi connectivity index (χ3v) is 1.18. The van der Waals surface area contributed by atoms with Crippen LogP contribution in [0.15, 0.2) is 43.0 Å². The molecule has 0 heterocycles. The number of hydrogen-bond acceptors (Lipinski definition) is 4. The SMILES string of the molecule is C=CC(=O)[O-].O=C([O-])c1ccccc1.[Cu+2]. The van der Waals surface area contributed by atoms with Crippen molar-refractivity contribution in [3.05, 3.63) is 48.6 Å². The van der Waals surface area contributed by atoms with Gasteiger partial charge in [-0.2, -0.15) is 0 Å². The van der Waals surface area contributed by atoms with Gasteiger partial charge in [-0.15, -0.1) is 0 Å². The van der Waals surface area contributed by atoms with E-state index in [1.165, 1.54) is 12.1 Å². The maximum atomic E-state index is 10.1. The van der Waals surface area contributed by atoms with Crippen molar-refractivity contribution in [3.63, 3.8) is 0 Å². The minimum Gasteiger partial charge on any atom is -0.545 e. The predicted molar refractivity (Wildman–Crippen MR) is 46.0 cm³/mol. The Hall–Kier alpha value is -1.58. The molecule has 1 radical (unpaired) electrons. The molecule has 0 saturated carbocycles. The van der Waals surface area contributed by atoms with E-state index < -0.39 is 11.9 Å². The van der Waals surface area contributed by atoms with Crippen LogP contribution >= 0.6 is 0 Å². The van der Waals surface area contributed by atoms with Crippen molar-refractivity contribution in [3.8, 4) is 0 Å². The fourth-order valence-electron chi connectivity index (χ4n) is 0.574. The second-order valence-corrected chi connectivity index (χ2v) is 2.18. The molecule has 1 rings (SSSR count). The van der Waals surface area contributed by atoms with E-state index in [9.17, 15) is 9.90 Å². The minimum absolute atomic E-state index is 0. The Bertz CT molecular complexity index is 321. The molecular formula is C10H8CuO4. The van der Waals surface area contributed by atoms with Crippen LogP contribution in [0.1, 0.15) is 10.4 Å². The van der Waals surface area contributed by atoms with Gasteiger partial charge < -0.3 is 19.8 Å². The molecule has 15 heavy (non-hydrogen) atoms. The second kappa shape index (κ2) is 8.99. The van der Waals surface area contributed by atoms with E-state index in [0.717, 1.165) is 6.08 Å². The largest absolute Gasteiger partial charge is 2.00 e. The molecule has 0 unspecified atom stereocenters. The topological polar surface area (TPSA) is 80.3 Å². The monoisotopic (exact) mass is 255 g/mol. The summed E-state index contributed by atoms with van der Waals surface area (Å²) in [5.41, 5.74) is 0.220. The van der Waals surface area contributed by atoms with Gasteiger partial charge in [0.15, 0.2) is 0 Å². The van der Waals surface area contributed by atoms with Gasteiger partial charge in [0.25, 0.3) is 0 Å². The number of benzene rings is 1. The number of aliphatic carboxylic acids is 1. The molecule has 0 atom stereocenters. The summed E-state index contributed by atoms with van der Waals surface area (Å²) >= 11 is 0. The predicted octanol–water partition coefficient (Wildman–Crippen LogP) is -1.03. The Morgan fingerprint density at radius 3 is 1.73 bits per heavy atom. The molecule has 0 aliphatic carbocycles. The summed E-state index contributed by atoms with van der Waals surface area (Å²) in [7, 11) is 0. The average Bonchev–Trinajstić information content (AvgIpc) is 2.20. The van der Waals surface area contributed by atoms with Gasteiger partial charge in [0.05, 0.1) is 11.9 Å². The fraction of sp³-hybridized carbons (Fsp3) is 0. The van der Waals surface area contributed by atoms with Crippen LogP contribution in [0.2, 0.25) is 0 Å². The first-order chi connectivity index (χ1) is 6.57. The van der Waals surface area contributed by atoms with Gasteiger partial charge >= 0.3 is 17.1 Å². The van der Waals surface area contributed by atoms with Gasteiger partial charge in [-0.05, 0) is 11.6 Å². The van der Waals surface area contributed by atoms with E-state index >= 15 is 0 Å². The Labute approximate surface area is 97.7 Å². The van der Waals surface area contributed by atoms with Gasteiger partial charge in [0.1, 0.15) is 0 Å². The van der Waals surface area contributed by atoms with Crippen molar-refractivity contribution in [2.45, 2.75) is 0 Å². The van der Waals surface area contributed by atoms with Gasteiger partial charge in [-0.1, -0.05) is 36.9 Å². The molecule has 0 spiro atoms. The van der Waals surface area contributed by atoms with Crippen LogP contribution < -0.4 is 10.2 Å². The van der Waals surface area contributed by atoms with Crippen molar-refractivity contribution in [2.75, 3.05) is 0 Å². The van der Waals surface area contributed by atoms with E-state index in [0.29, 0.717) is 0 Å². The van der Waals surface area contributed by atoms with Crippen molar-refractivity contribution in [2.24, 2.45) is 0 Å². The summed E-state index contributed by atoms with van der Waals surface area (Å²) in [5, 5.41) is 19.2. The van der Waals surface area contributed by atoms with E-state index in [2.05, 4.69) is 6.58 Å². The van der Waals surface area contributed by atoms with Crippen LogP contribution in [0.25, 0.3) is 0 Å². The van der Waals surface area contributed by atoms with Crippen molar-refractivity contribution in [1.29, 1.82) is 0 Å². The smallest absolute Gasteiger partial charge is 0.545 e. The van der Waals surface area contributed by atoms with Crippen molar-refractivity contribution < 1.29 is 36.9 Å². The maximum Gasteiger partial charge on any atom is 2.00 e. The maximum absolute atomic E-state index is 10.1. The van der Waals surface area contributed by atoms with E-state index in [1.54, 1.807) is 18.2 Å². The van der Waals surface area contributed by atoms with Crippen LogP contribution in [0, 0.1) is 0 Å². The number of rotatable bonds is 2. The van der Waals surface area contributed by atoms with E-state index in [4.69, 9.17) is 9.90 Å². The summed E-state index contributed by atoms with van der Waals surface area (Å²) in [6.45, 7) is 2.90. The number of hydrogen-bond donors (Lipinski definition) is 0. The quantitative estimate of drug-likeness (QED) is 0.500. The van der Waals surface area contributed by atoms with Gasteiger partial charge in [-0.3, -0.25) is 0 Å². The van der Waals surface area contributed by atoms with Gasteiger partial charge in [-0.25, -0.2) is 0 Å². The molecule has 0 N–H and O–H groups in total. The molecular weight excluding hydrogens is 248 g/mol. The Morgan fingerprint density at radius 1 is 1.13 bits per heavy atom. The summed E-state index contributed by atoms with van der Waals surface area (Å²) in [4.78, 5) is 19.2. The average molecular weight is 256 g/mol. The molecule has 0 saturated heterocycles. The second-order valence-electron chi connectivity index (χ2n) is 2.18. The Balaban J connectivity index is 0. The van der Waals surface area contributed by atoms with Crippen molar-refractivity contribution in [1.82, 2.24) is 0 Å². The normalized spacial score (nSPS) is 7.47. The molecule has 4 nitrogen and oxygen atoms in total. The number of aromatic carboxylic acids is 1. The number of carbonyl (C=O) groups excluding carboxylic acids is 2. The number of carbonyl (C=O) groups is 2.